The highest BCUT2D eigenvalue weighted by atomic mass is 16.2. The predicted octanol–water partition coefficient (Wildman–Crippen LogP) is 1.75. The molecule has 0 unspecified atom stereocenters. The molecule has 2 aromatic rings. The van der Waals surface area contributed by atoms with Gasteiger partial charge in [-0.2, -0.15) is 0 Å². The fourth-order valence-corrected chi connectivity index (χ4v) is 1.84. The van der Waals surface area contributed by atoms with Crippen LogP contribution >= 0.6 is 0 Å². The maximum absolute atomic E-state index is 11.9. The van der Waals surface area contributed by atoms with Crippen molar-refractivity contribution in [1.82, 2.24) is 15.8 Å². The maximum atomic E-state index is 11.9. The van der Waals surface area contributed by atoms with Crippen molar-refractivity contribution >= 4 is 17.6 Å². The van der Waals surface area contributed by atoms with Gasteiger partial charge in [-0.05, 0) is 19.1 Å². The van der Waals surface area contributed by atoms with Gasteiger partial charge in [0.15, 0.2) is 5.78 Å². The van der Waals surface area contributed by atoms with Crippen LogP contribution in [0.25, 0.3) is 0 Å². The Morgan fingerprint density at radius 2 is 1.73 bits per heavy atom. The van der Waals surface area contributed by atoms with Gasteiger partial charge in [0.1, 0.15) is 5.69 Å². The summed E-state index contributed by atoms with van der Waals surface area (Å²) in [6.07, 6.45) is 1.71. The van der Waals surface area contributed by atoms with Gasteiger partial charge in [-0.3, -0.25) is 25.2 Å². The monoisotopic (exact) mass is 299 g/mol. The van der Waals surface area contributed by atoms with Crippen molar-refractivity contribution in [3.63, 3.8) is 0 Å². The average Bonchev–Trinajstić information content (AvgIpc) is 3.05. The summed E-state index contributed by atoms with van der Waals surface area (Å²) in [5.41, 5.74) is 6.54. The molecule has 0 bridgehead atoms. The molecular weight excluding hydrogens is 282 g/mol. The lowest BCUT2D eigenvalue weighted by atomic mass is 10.1. The van der Waals surface area contributed by atoms with Crippen molar-refractivity contribution in [2.75, 3.05) is 0 Å². The first-order valence-electron chi connectivity index (χ1n) is 6.88. The second kappa shape index (κ2) is 7.21. The van der Waals surface area contributed by atoms with Gasteiger partial charge in [0.2, 0.25) is 5.91 Å². The van der Waals surface area contributed by atoms with Gasteiger partial charge in [0.05, 0.1) is 0 Å². The van der Waals surface area contributed by atoms with Crippen LogP contribution in [-0.4, -0.2) is 22.6 Å². The molecule has 1 aromatic heterocycles. The Bertz CT molecular complexity index is 660. The van der Waals surface area contributed by atoms with Crippen LogP contribution in [0.5, 0.6) is 0 Å². The number of carbonyl (C=O) groups excluding carboxylic acids is 3. The Kier molecular flexibility index (Phi) is 5.08. The number of aryl methyl sites for hydroxylation is 1. The molecular formula is C16H17N3O3. The zero-order chi connectivity index (χ0) is 15.9. The van der Waals surface area contributed by atoms with Gasteiger partial charge in [-0.15, -0.1) is 0 Å². The van der Waals surface area contributed by atoms with E-state index in [2.05, 4.69) is 15.8 Å². The van der Waals surface area contributed by atoms with Gasteiger partial charge in [-0.1, -0.05) is 29.8 Å². The topological polar surface area (TPSA) is 91.1 Å². The van der Waals surface area contributed by atoms with Crippen molar-refractivity contribution in [2.24, 2.45) is 0 Å². The second-order valence-corrected chi connectivity index (χ2v) is 4.88. The number of hydrazine groups is 1. The molecule has 0 saturated heterocycles. The number of rotatable bonds is 5. The van der Waals surface area contributed by atoms with Crippen molar-refractivity contribution in [3.05, 3.63) is 59.4 Å². The molecule has 2 amide bonds. The Hall–Kier alpha value is -2.89. The lowest BCUT2D eigenvalue weighted by molar-refractivity contribution is -0.121. The first-order chi connectivity index (χ1) is 10.6. The first kappa shape index (κ1) is 15.5. The number of H-pyrrole nitrogens is 1. The van der Waals surface area contributed by atoms with Crippen molar-refractivity contribution < 1.29 is 14.4 Å². The number of hydrogen-bond donors (Lipinski definition) is 3. The molecule has 1 heterocycles. The number of hydrogen-bond acceptors (Lipinski definition) is 3. The summed E-state index contributed by atoms with van der Waals surface area (Å²) in [4.78, 5) is 37.8. The number of amides is 2. The second-order valence-electron chi connectivity index (χ2n) is 4.88. The molecule has 0 aliphatic rings. The van der Waals surface area contributed by atoms with Crippen LogP contribution in [0.3, 0.4) is 0 Å². The van der Waals surface area contributed by atoms with Gasteiger partial charge in [-0.25, -0.2) is 0 Å². The number of aromatic amines is 1. The number of benzene rings is 1. The van der Waals surface area contributed by atoms with E-state index < -0.39 is 11.8 Å². The molecule has 0 aliphatic carbocycles. The summed E-state index contributed by atoms with van der Waals surface area (Å²) < 4.78 is 0. The number of nitrogens with one attached hydrogen (secondary N) is 3. The van der Waals surface area contributed by atoms with E-state index in [1.165, 1.54) is 0 Å². The van der Waals surface area contributed by atoms with E-state index in [1.807, 2.05) is 19.1 Å². The molecule has 0 aliphatic heterocycles. The summed E-state index contributed by atoms with van der Waals surface area (Å²) in [5, 5.41) is 0. The number of carbonyl (C=O) groups is 3. The van der Waals surface area contributed by atoms with Crippen LogP contribution in [0.2, 0.25) is 0 Å². The average molecular weight is 299 g/mol. The minimum absolute atomic E-state index is 0.0116. The zero-order valence-corrected chi connectivity index (χ0v) is 12.2. The molecule has 2 rings (SSSR count). The molecule has 1 aromatic carbocycles. The summed E-state index contributed by atoms with van der Waals surface area (Å²) in [6, 6.07) is 10.4. The minimum atomic E-state index is -0.441. The number of ketones is 1. The molecule has 0 atom stereocenters. The SMILES string of the molecule is Cc1ccc(C(=O)CCC(=O)NNC(=O)c2ccc[nH]2)cc1. The summed E-state index contributed by atoms with van der Waals surface area (Å²) >= 11 is 0. The van der Waals surface area contributed by atoms with Crippen LogP contribution in [0, 0.1) is 6.92 Å². The van der Waals surface area contributed by atoms with Crippen LogP contribution in [0.15, 0.2) is 42.6 Å². The predicted molar refractivity (Wildman–Crippen MR) is 81.1 cm³/mol. The van der Waals surface area contributed by atoms with Crippen molar-refractivity contribution in [3.8, 4) is 0 Å². The summed E-state index contributed by atoms with van der Waals surface area (Å²) in [5.74, 6) is -0.963. The third-order valence-electron chi connectivity index (χ3n) is 3.11. The van der Waals surface area contributed by atoms with E-state index in [9.17, 15) is 14.4 Å². The van der Waals surface area contributed by atoms with Gasteiger partial charge >= 0.3 is 0 Å². The highest BCUT2D eigenvalue weighted by molar-refractivity contribution is 5.98. The normalized spacial score (nSPS) is 10.0. The van der Waals surface area contributed by atoms with Crippen molar-refractivity contribution in [1.29, 1.82) is 0 Å². The third kappa shape index (κ3) is 4.31. The highest BCUT2D eigenvalue weighted by Gasteiger charge is 2.11. The molecule has 6 heteroatoms. The molecule has 0 radical (unpaired) electrons. The quantitative estimate of drug-likeness (QED) is 0.580. The Morgan fingerprint density at radius 1 is 1.00 bits per heavy atom. The number of aromatic nitrogens is 1. The third-order valence-corrected chi connectivity index (χ3v) is 3.11. The van der Waals surface area contributed by atoms with E-state index in [1.54, 1.807) is 30.5 Å². The van der Waals surface area contributed by atoms with Crippen LogP contribution in [-0.2, 0) is 4.79 Å². The molecule has 3 N–H and O–H groups in total. The standard InChI is InChI=1S/C16H17N3O3/c1-11-4-6-12(7-5-11)14(20)8-9-15(21)18-19-16(22)13-3-2-10-17-13/h2-7,10,17H,8-9H2,1H3,(H,18,21)(H,19,22). The van der Waals surface area contributed by atoms with Gasteiger partial charge < -0.3 is 4.98 Å². The van der Waals surface area contributed by atoms with Crippen LogP contribution < -0.4 is 10.9 Å². The minimum Gasteiger partial charge on any atom is -0.357 e. The fourth-order valence-electron chi connectivity index (χ4n) is 1.84. The first-order valence-corrected chi connectivity index (χ1v) is 6.88. The Balaban J connectivity index is 1.74. The zero-order valence-electron chi connectivity index (χ0n) is 12.2. The van der Waals surface area contributed by atoms with Crippen LogP contribution in [0.1, 0.15) is 39.3 Å². The number of Topliss-reactive ketones (excluding diaryl/α,β-unsaturated/α-hetero) is 1. The molecule has 22 heavy (non-hydrogen) atoms. The van der Waals surface area contributed by atoms with E-state index in [0.717, 1.165) is 5.56 Å². The molecule has 0 fully saturated rings. The van der Waals surface area contributed by atoms with Crippen LogP contribution in [0.4, 0.5) is 0 Å². The van der Waals surface area contributed by atoms with Gasteiger partial charge in [0, 0.05) is 24.6 Å². The summed E-state index contributed by atoms with van der Waals surface area (Å²) in [7, 11) is 0. The fraction of sp³-hybridized carbons (Fsp3) is 0.188. The van der Waals surface area contributed by atoms with E-state index in [4.69, 9.17) is 0 Å². The van der Waals surface area contributed by atoms with Gasteiger partial charge in [0.25, 0.3) is 5.91 Å². The lowest BCUT2D eigenvalue weighted by Crippen LogP contribution is -2.41. The molecule has 6 nitrogen and oxygen atoms in total. The van der Waals surface area contributed by atoms with Crippen molar-refractivity contribution in [2.45, 2.75) is 19.8 Å². The van der Waals surface area contributed by atoms with E-state index >= 15 is 0 Å². The summed E-state index contributed by atoms with van der Waals surface area (Å²) in [6.45, 7) is 1.94. The highest BCUT2D eigenvalue weighted by Crippen LogP contribution is 2.07. The largest absolute Gasteiger partial charge is 0.357 e. The molecule has 0 saturated carbocycles. The smallest absolute Gasteiger partial charge is 0.286 e. The Labute approximate surface area is 127 Å². The van der Waals surface area contributed by atoms with E-state index in [-0.39, 0.29) is 18.6 Å². The maximum Gasteiger partial charge on any atom is 0.286 e. The van der Waals surface area contributed by atoms with E-state index in [0.29, 0.717) is 11.3 Å². The molecule has 0 spiro atoms. The lowest BCUT2D eigenvalue weighted by Gasteiger charge is -2.06. The molecule has 114 valence electrons. The Morgan fingerprint density at radius 3 is 2.36 bits per heavy atom.